The van der Waals surface area contributed by atoms with Gasteiger partial charge >= 0.3 is 0 Å². The number of aryl methyl sites for hydroxylation is 1. The second kappa shape index (κ2) is 6.13. The molecule has 1 N–H and O–H groups in total. The van der Waals surface area contributed by atoms with Crippen LogP contribution in [0.4, 0.5) is 5.82 Å². The Hall–Kier alpha value is -1.09. The van der Waals surface area contributed by atoms with Crippen molar-refractivity contribution in [3.63, 3.8) is 0 Å². The molecule has 3 heteroatoms. The summed E-state index contributed by atoms with van der Waals surface area (Å²) in [5.41, 5.74) is 2.60. The summed E-state index contributed by atoms with van der Waals surface area (Å²) < 4.78 is 0. The van der Waals surface area contributed by atoms with Gasteiger partial charge in [0, 0.05) is 30.4 Å². The summed E-state index contributed by atoms with van der Waals surface area (Å²) in [6, 6.07) is 5.11. The molecule has 1 aromatic rings. The van der Waals surface area contributed by atoms with Crippen LogP contribution in [0, 0.1) is 6.92 Å². The summed E-state index contributed by atoms with van der Waals surface area (Å²) >= 11 is 0. The Kier molecular flexibility index (Phi) is 4.69. The first-order chi connectivity index (χ1) is 9.40. The Morgan fingerprint density at radius 3 is 2.70 bits per heavy atom. The molecule has 0 saturated carbocycles. The lowest BCUT2D eigenvalue weighted by atomic mass is 10.1. The van der Waals surface area contributed by atoms with Crippen molar-refractivity contribution in [1.29, 1.82) is 0 Å². The van der Waals surface area contributed by atoms with E-state index in [1.165, 1.54) is 24.8 Å². The van der Waals surface area contributed by atoms with Crippen LogP contribution in [0.25, 0.3) is 0 Å². The smallest absolute Gasteiger partial charge is 0.129 e. The van der Waals surface area contributed by atoms with E-state index in [1.54, 1.807) is 0 Å². The topological polar surface area (TPSA) is 28.2 Å². The molecule has 2 rings (SSSR count). The summed E-state index contributed by atoms with van der Waals surface area (Å²) in [6.07, 6.45) is 3.82. The van der Waals surface area contributed by atoms with Gasteiger partial charge in [0.25, 0.3) is 0 Å². The molecule has 1 aromatic heterocycles. The molecule has 0 bridgehead atoms. The lowest BCUT2D eigenvalue weighted by Gasteiger charge is -2.26. The quantitative estimate of drug-likeness (QED) is 0.909. The molecule has 0 radical (unpaired) electrons. The maximum absolute atomic E-state index is 4.84. The third-order valence-corrected chi connectivity index (χ3v) is 4.13. The number of pyridine rings is 1. The van der Waals surface area contributed by atoms with E-state index >= 15 is 0 Å². The van der Waals surface area contributed by atoms with E-state index in [9.17, 15) is 0 Å². The molecule has 1 unspecified atom stereocenters. The molecule has 2 heterocycles. The fourth-order valence-corrected chi connectivity index (χ4v) is 2.85. The van der Waals surface area contributed by atoms with Crippen LogP contribution in [0.3, 0.4) is 0 Å². The molecule has 0 aromatic carbocycles. The van der Waals surface area contributed by atoms with E-state index in [2.05, 4.69) is 57.0 Å². The van der Waals surface area contributed by atoms with Gasteiger partial charge in [0.2, 0.25) is 0 Å². The second-order valence-electron chi connectivity index (χ2n) is 6.92. The van der Waals surface area contributed by atoms with Crippen LogP contribution in [0.2, 0.25) is 0 Å². The minimum atomic E-state index is 0.146. The number of anilines is 1. The van der Waals surface area contributed by atoms with Crippen molar-refractivity contribution in [3.05, 3.63) is 23.4 Å². The number of hydrogen-bond acceptors (Lipinski definition) is 3. The SMILES string of the molecule is CCC1CCCN1c1ccc(CNC(C)(C)C)c(C)n1. The Bertz CT molecular complexity index is 448. The third-order valence-electron chi connectivity index (χ3n) is 4.13. The Morgan fingerprint density at radius 2 is 2.10 bits per heavy atom. The first-order valence-corrected chi connectivity index (χ1v) is 7.89. The summed E-state index contributed by atoms with van der Waals surface area (Å²) in [6.45, 7) is 13.0. The van der Waals surface area contributed by atoms with Crippen LogP contribution in [0.5, 0.6) is 0 Å². The normalized spacial score (nSPS) is 19.6. The van der Waals surface area contributed by atoms with Gasteiger partial charge in [0.1, 0.15) is 5.82 Å². The highest BCUT2D eigenvalue weighted by molar-refractivity contribution is 5.43. The second-order valence-corrected chi connectivity index (χ2v) is 6.92. The summed E-state index contributed by atoms with van der Waals surface area (Å²) in [5.74, 6) is 1.16. The summed E-state index contributed by atoms with van der Waals surface area (Å²) in [5, 5.41) is 3.53. The first kappa shape index (κ1) is 15.3. The van der Waals surface area contributed by atoms with Gasteiger partial charge in [0.05, 0.1) is 0 Å². The molecule has 1 fully saturated rings. The van der Waals surface area contributed by atoms with Crippen molar-refractivity contribution >= 4 is 5.82 Å². The van der Waals surface area contributed by atoms with Crippen molar-refractivity contribution in [1.82, 2.24) is 10.3 Å². The highest BCUT2D eigenvalue weighted by Crippen LogP contribution is 2.26. The van der Waals surface area contributed by atoms with Gasteiger partial charge in [-0.2, -0.15) is 0 Å². The van der Waals surface area contributed by atoms with Gasteiger partial charge in [0.15, 0.2) is 0 Å². The Morgan fingerprint density at radius 1 is 1.35 bits per heavy atom. The van der Waals surface area contributed by atoms with Gasteiger partial charge in [-0.15, -0.1) is 0 Å². The van der Waals surface area contributed by atoms with E-state index in [0.29, 0.717) is 6.04 Å². The molecule has 3 nitrogen and oxygen atoms in total. The molecule has 1 aliphatic rings. The minimum Gasteiger partial charge on any atom is -0.354 e. The van der Waals surface area contributed by atoms with Crippen molar-refractivity contribution in [3.8, 4) is 0 Å². The largest absolute Gasteiger partial charge is 0.354 e. The van der Waals surface area contributed by atoms with Crippen LogP contribution in [-0.4, -0.2) is 23.1 Å². The summed E-state index contributed by atoms with van der Waals surface area (Å²) in [4.78, 5) is 7.32. The Balaban J connectivity index is 2.09. The number of nitrogens with zero attached hydrogens (tertiary/aromatic N) is 2. The third kappa shape index (κ3) is 3.72. The fourth-order valence-electron chi connectivity index (χ4n) is 2.85. The van der Waals surface area contributed by atoms with Crippen LogP contribution in [0.1, 0.15) is 58.2 Å². The molecule has 0 amide bonds. The Labute approximate surface area is 123 Å². The van der Waals surface area contributed by atoms with Crippen molar-refractivity contribution in [2.45, 2.75) is 72.0 Å². The highest BCUT2D eigenvalue weighted by Gasteiger charge is 2.24. The zero-order valence-corrected chi connectivity index (χ0v) is 13.7. The molecule has 112 valence electrons. The van der Waals surface area contributed by atoms with E-state index in [-0.39, 0.29) is 5.54 Å². The maximum Gasteiger partial charge on any atom is 0.129 e. The van der Waals surface area contributed by atoms with Crippen LogP contribution in [-0.2, 0) is 6.54 Å². The van der Waals surface area contributed by atoms with Crippen LogP contribution < -0.4 is 10.2 Å². The molecule has 1 aliphatic heterocycles. The van der Waals surface area contributed by atoms with Gasteiger partial charge in [-0.25, -0.2) is 4.98 Å². The molecular weight excluding hydrogens is 246 g/mol. The molecule has 0 aliphatic carbocycles. The number of hydrogen-bond donors (Lipinski definition) is 1. The van der Waals surface area contributed by atoms with Gasteiger partial charge in [-0.3, -0.25) is 0 Å². The number of aromatic nitrogens is 1. The van der Waals surface area contributed by atoms with E-state index in [1.807, 2.05) is 0 Å². The molecule has 20 heavy (non-hydrogen) atoms. The molecular formula is C17H29N3. The lowest BCUT2D eigenvalue weighted by molar-refractivity contribution is 0.423. The highest BCUT2D eigenvalue weighted by atomic mass is 15.2. The first-order valence-electron chi connectivity index (χ1n) is 7.89. The van der Waals surface area contributed by atoms with Crippen LogP contribution >= 0.6 is 0 Å². The zero-order valence-electron chi connectivity index (χ0n) is 13.7. The van der Waals surface area contributed by atoms with Crippen molar-refractivity contribution < 1.29 is 0 Å². The van der Waals surface area contributed by atoms with Gasteiger partial charge < -0.3 is 10.2 Å². The monoisotopic (exact) mass is 275 g/mol. The molecule has 0 spiro atoms. The zero-order chi connectivity index (χ0) is 14.8. The van der Waals surface area contributed by atoms with E-state index in [4.69, 9.17) is 4.98 Å². The average Bonchev–Trinajstić information content (AvgIpc) is 2.84. The van der Waals surface area contributed by atoms with Gasteiger partial charge in [-0.1, -0.05) is 13.0 Å². The predicted molar refractivity (Wildman–Crippen MR) is 86.2 cm³/mol. The molecule has 1 saturated heterocycles. The predicted octanol–water partition coefficient (Wildman–Crippen LogP) is 3.66. The number of nitrogens with one attached hydrogen (secondary N) is 1. The molecule has 1 atom stereocenters. The minimum absolute atomic E-state index is 0.146. The van der Waals surface area contributed by atoms with Crippen molar-refractivity contribution in [2.75, 3.05) is 11.4 Å². The lowest BCUT2D eigenvalue weighted by Crippen LogP contribution is -2.35. The van der Waals surface area contributed by atoms with Crippen molar-refractivity contribution in [2.24, 2.45) is 0 Å². The standard InChI is InChI=1S/C17H29N3/c1-6-15-8-7-11-20(15)16-10-9-14(13(2)19-16)12-18-17(3,4)5/h9-10,15,18H,6-8,11-12H2,1-5H3. The van der Waals surface area contributed by atoms with E-state index < -0.39 is 0 Å². The average molecular weight is 275 g/mol. The van der Waals surface area contributed by atoms with E-state index in [0.717, 1.165) is 24.6 Å². The fraction of sp³-hybridized carbons (Fsp3) is 0.706. The van der Waals surface area contributed by atoms with Crippen LogP contribution in [0.15, 0.2) is 12.1 Å². The number of rotatable bonds is 4. The maximum atomic E-state index is 4.84. The summed E-state index contributed by atoms with van der Waals surface area (Å²) in [7, 11) is 0. The van der Waals surface area contributed by atoms with Gasteiger partial charge in [-0.05, 0) is 58.6 Å².